The highest BCUT2D eigenvalue weighted by Crippen LogP contribution is 2.20. The molecule has 0 aliphatic rings. The maximum Gasteiger partial charge on any atom is -0.0178 e. The summed E-state index contributed by atoms with van der Waals surface area (Å²) in [5, 5.41) is 0. The van der Waals surface area contributed by atoms with E-state index in [1.54, 1.807) is 0 Å². The molecule has 0 bridgehead atoms. The van der Waals surface area contributed by atoms with Gasteiger partial charge in [-0.15, -0.1) is 0 Å². The molecule has 0 amide bonds. The Morgan fingerprint density at radius 3 is 2.24 bits per heavy atom. The van der Waals surface area contributed by atoms with E-state index < -0.39 is 0 Å². The van der Waals surface area contributed by atoms with Gasteiger partial charge in [0.15, 0.2) is 0 Å². The Kier molecular flexibility index (Phi) is 3.77. The number of rotatable bonds is 3. The molecule has 0 aliphatic carbocycles. The minimum atomic E-state index is 0.593. The van der Waals surface area contributed by atoms with Crippen LogP contribution < -0.4 is 0 Å². The fourth-order valence-electron chi connectivity index (χ4n) is 1.76. The maximum absolute atomic E-state index is 2.23. The summed E-state index contributed by atoms with van der Waals surface area (Å²) in [6, 6.07) is 19.1. The second-order valence-corrected chi connectivity index (χ2v) is 4.59. The van der Waals surface area contributed by atoms with E-state index in [0.717, 1.165) is 0 Å². The molecule has 2 rings (SSSR count). The Morgan fingerprint density at radius 2 is 1.53 bits per heavy atom. The molecule has 0 N–H and O–H groups in total. The van der Waals surface area contributed by atoms with E-state index in [-0.39, 0.29) is 0 Å². The minimum Gasteiger partial charge on any atom is -0.0814 e. The Morgan fingerprint density at radius 1 is 0.824 bits per heavy atom. The third kappa shape index (κ3) is 3.32. The molecule has 0 aliphatic heterocycles. The van der Waals surface area contributed by atoms with E-state index in [2.05, 4.69) is 74.5 Å². The molecule has 0 atom stereocenters. The lowest BCUT2D eigenvalue weighted by Crippen LogP contribution is -1.80. The highest BCUT2D eigenvalue weighted by Gasteiger charge is 1.96. The van der Waals surface area contributed by atoms with Gasteiger partial charge in [-0.3, -0.25) is 0 Å². The number of benzene rings is 2. The van der Waals surface area contributed by atoms with Gasteiger partial charge >= 0.3 is 0 Å². The molecule has 0 nitrogen and oxygen atoms in total. The molecule has 0 saturated heterocycles. The van der Waals surface area contributed by atoms with Crippen LogP contribution in [-0.2, 0) is 0 Å². The SMILES string of the molecule is CC(C)/C=C/c1cccc(-c2ccccc2)c1. The largest absolute Gasteiger partial charge is 0.0814 e. The van der Waals surface area contributed by atoms with Crippen LogP contribution in [-0.4, -0.2) is 0 Å². The first-order valence-corrected chi connectivity index (χ1v) is 6.09. The molecule has 86 valence electrons. The summed E-state index contributed by atoms with van der Waals surface area (Å²) >= 11 is 0. The second kappa shape index (κ2) is 5.49. The van der Waals surface area contributed by atoms with Gasteiger partial charge in [-0.25, -0.2) is 0 Å². The molecule has 0 spiro atoms. The summed E-state index contributed by atoms with van der Waals surface area (Å²) in [4.78, 5) is 0. The summed E-state index contributed by atoms with van der Waals surface area (Å²) < 4.78 is 0. The molecular weight excluding hydrogens is 204 g/mol. The van der Waals surface area contributed by atoms with Gasteiger partial charge in [-0.2, -0.15) is 0 Å². The first-order valence-electron chi connectivity index (χ1n) is 6.09. The summed E-state index contributed by atoms with van der Waals surface area (Å²) in [6.45, 7) is 4.38. The van der Waals surface area contributed by atoms with Crippen molar-refractivity contribution < 1.29 is 0 Å². The predicted octanol–water partition coefficient (Wildman–Crippen LogP) is 5.02. The summed E-state index contributed by atoms with van der Waals surface area (Å²) in [5.74, 6) is 0.593. The molecule has 0 heterocycles. The molecule has 17 heavy (non-hydrogen) atoms. The Hall–Kier alpha value is -1.82. The zero-order chi connectivity index (χ0) is 12.1. The lowest BCUT2D eigenvalue weighted by atomic mass is 10.0. The van der Waals surface area contributed by atoms with Gasteiger partial charge in [0.1, 0.15) is 0 Å². The van der Waals surface area contributed by atoms with Crippen LogP contribution in [0.15, 0.2) is 60.7 Å². The van der Waals surface area contributed by atoms with E-state index in [0.29, 0.717) is 5.92 Å². The van der Waals surface area contributed by atoms with Crippen LogP contribution in [0.4, 0.5) is 0 Å². The topological polar surface area (TPSA) is 0 Å². The molecule has 2 aromatic carbocycles. The van der Waals surface area contributed by atoms with E-state index in [4.69, 9.17) is 0 Å². The summed E-state index contributed by atoms with van der Waals surface area (Å²) in [6.07, 6.45) is 4.42. The summed E-state index contributed by atoms with van der Waals surface area (Å²) in [7, 11) is 0. The molecule has 0 saturated carbocycles. The smallest absolute Gasteiger partial charge is 0.0178 e. The van der Waals surface area contributed by atoms with Crippen LogP contribution in [0, 0.1) is 5.92 Å². The normalized spacial score (nSPS) is 11.2. The number of allylic oxidation sites excluding steroid dienone is 1. The van der Waals surface area contributed by atoms with Gasteiger partial charge in [-0.05, 0) is 28.7 Å². The zero-order valence-corrected chi connectivity index (χ0v) is 10.4. The average molecular weight is 222 g/mol. The van der Waals surface area contributed by atoms with Gasteiger partial charge in [0.25, 0.3) is 0 Å². The molecule has 2 aromatic rings. The molecule has 0 aromatic heterocycles. The zero-order valence-electron chi connectivity index (χ0n) is 10.4. The van der Waals surface area contributed by atoms with Gasteiger partial charge in [0, 0.05) is 0 Å². The highest BCUT2D eigenvalue weighted by atomic mass is 14.0. The van der Waals surface area contributed by atoms with E-state index in [1.165, 1.54) is 16.7 Å². The van der Waals surface area contributed by atoms with E-state index in [1.807, 2.05) is 6.07 Å². The van der Waals surface area contributed by atoms with Crippen molar-refractivity contribution in [1.82, 2.24) is 0 Å². The molecule has 0 fully saturated rings. The highest BCUT2D eigenvalue weighted by molar-refractivity contribution is 5.67. The maximum atomic E-state index is 2.23. The van der Waals surface area contributed by atoms with Gasteiger partial charge in [-0.1, -0.05) is 74.5 Å². The van der Waals surface area contributed by atoms with Crippen LogP contribution in [0.25, 0.3) is 17.2 Å². The van der Waals surface area contributed by atoms with Crippen molar-refractivity contribution in [3.05, 3.63) is 66.2 Å². The predicted molar refractivity (Wildman–Crippen MR) is 75.8 cm³/mol. The first-order chi connectivity index (χ1) is 8.25. The number of hydrogen-bond donors (Lipinski definition) is 0. The van der Waals surface area contributed by atoms with Crippen LogP contribution in [0.2, 0.25) is 0 Å². The Labute approximate surface area is 104 Å². The molecule has 0 radical (unpaired) electrons. The van der Waals surface area contributed by atoms with Crippen molar-refractivity contribution in [3.8, 4) is 11.1 Å². The molecule has 0 heteroatoms. The Bertz CT molecular complexity index is 492. The fraction of sp³-hybridized carbons (Fsp3) is 0.176. The van der Waals surface area contributed by atoms with Crippen molar-refractivity contribution in [1.29, 1.82) is 0 Å². The average Bonchev–Trinajstić information content (AvgIpc) is 2.38. The third-order valence-corrected chi connectivity index (χ3v) is 2.67. The van der Waals surface area contributed by atoms with Crippen LogP contribution in [0.5, 0.6) is 0 Å². The van der Waals surface area contributed by atoms with E-state index >= 15 is 0 Å². The minimum absolute atomic E-state index is 0.593. The monoisotopic (exact) mass is 222 g/mol. The van der Waals surface area contributed by atoms with Crippen LogP contribution >= 0.6 is 0 Å². The summed E-state index contributed by atoms with van der Waals surface area (Å²) in [5.41, 5.74) is 3.81. The third-order valence-electron chi connectivity index (χ3n) is 2.67. The quantitative estimate of drug-likeness (QED) is 0.683. The van der Waals surface area contributed by atoms with Crippen molar-refractivity contribution in [3.63, 3.8) is 0 Å². The van der Waals surface area contributed by atoms with Crippen molar-refractivity contribution in [2.75, 3.05) is 0 Å². The van der Waals surface area contributed by atoms with Crippen molar-refractivity contribution >= 4 is 6.08 Å². The molecular formula is C17H18. The standard InChI is InChI=1S/C17H18/c1-14(2)11-12-15-7-6-10-17(13-15)16-8-4-3-5-9-16/h3-14H,1-2H3/b12-11+. The lowest BCUT2D eigenvalue weighted by Gasteiger charge is -2.03. The number of hydrogen-bond acceptors (Lipinski definition) is 0. The van der Waals surface area contributed by atoms with Crippen molar-refractivity contribution in [2.24, 2.45) is 5.92 Å². The van der Waals surface area contributed by atoms with Crippen LogP contribution in [0.1, 0.15) is 19.4 Å². The first kappa shape index (κ1) is 11.7. The van der Waals surface area contributed by atoms with Crippen molar-refractivity contribution in [2.45, 2.75) is 13.8 Å². The van der Waals surface area contributed by atoms with E-state index in [9.17, 15) is 0 Å². The van der Waals surface area contributed by atoms with Gasteiger partial charge in [0.2, 0.25) is 0 Å². The molecule has 0 unspecified atom stereocenters. The van der Waals surface area contributed by atoms with Gasteiger partial charge in [0.05, 0.1) is 0 Å². The Balaban J connectivity index is 2.29. The second-order valence-electron chi connectivity index (χ2n) is 4.59. The lowest BCUT2D eigenvalue weighted by molar-refractivity contribution is 0.836. The van der Waals surface area contributed by atoms with Crippen LogP contribution in [0.3, 0.4) is 0 Å². The van der Waals surface area contributed by atoms with Gasteiger partial charge < -0.3 is 0 Å². The fourth-order valence-corrected chi connectivity index (χ4v) is 1.76.